The lowest BCUT2D eigenvalue weighted by Gasteiger charge is -2.50. The molecule has 0 N–H and O–H groups in total. The molecule has 9 aromatic carbocycles. The Kier molecular flexibility index (Phi) is 7.79. The molecular weight excluding hydrogens is 788 g/mol. The first-order valence-electron chi connectivity index (χ1n) is 22.5. The molecular formula is C60H37B2NO2. The lowest BCUT2D eigenvalue weighted by Crippen LogP contribution is -2.68. The molecule has 2 aromatic heterocycles. The van der Waals surface area contributed by atoms with E-state index >= 15 is 0 Å². The number of nitrogens with zero attached hydrogens (tertiary/aromatic N) is 1. The molecule has 0 fully saturated rings. The van der Waals surface area contributed by atoms with Gasteiger partial charge in [-0.1, -0.05) is 198 Å². The van der Waals surface area contributed by atoms with E-state index in [0.717, 1.165) is 44.6 Å². The predicted molar refractivity (Wildman–Crippen MR) is 268 cm³/mol. The number of para-hydroxylation sites is 2. The van der Waals surface area contributed by atoms with Crippen molar-refractivity contribution in [2.24, 2.45) is 0 Å². The standard InChI is InChI=1S/C60H37B2NO2/c1-3-13-38(14-4-1)40-25-28-46-51(35-40)61(43-31-33-63-34-32-43)52-37-42(44-18-11-23-56-58(44)45-17-7-9-21-54(45)64-56)27-30-47(52)60(46)48-29-26-41(39-15-5-2-6-16-39)36-53(48)62-50-20-8-10-22-55(50)65-57-24-12-19-49(60)59(57)62/h1-37H. The van der Waals surface area contributed by atoms with Crippen molar-refractivity contribution in [1.82, 2.24) is 4.98 Å². The number of rotatable bonds is 4. The molecule has 11 aromatic rings. The molecule has 0 aliphatic carbocycles. The number of furan rings is 1. The first-order valence-corrected chi connectivity index (χ1v) is 22.5. The highest BCUT2D eigenvalue weighted by Gasteiger charge is 2.55. The Balaban J connectivity index is 1.14. The third-order valence-corrected chi connectivity index (χ3v) is 14.5. The normalized spacial score (nSPS) is 15.2. The van der Waals surface area contributed by atoms with Crippen LogP contribution in [-0.4, -0.2) is 18.4 Å². The van der Waals surface area contributed by atoms with Crippen LogP contribution >= 0.6 is 0 Å². The number of pyridine rings is 1. The van der Waals surface area contributed by atoms with Gasteiger partial charge >= 0.3 is 0 Å². The van der Waals surface area contributed by atoms with Crippen LogP contribution in [0.4, 0.5) is 0 Å². The molecule has 0 radical (unpaired) electrons. The third kappa shape index (κ3) is 5.18. The molecule has 300 valence electrons. The summed E-state index contributed by atoms with van der Waals surface area (Å²) < 4.78 is 13.4. The number of aromatic nitrogens is 1. The van der Waals surface area contributed by atoms with Crippen molar-refractivity contribution >= 4 is 68.1 Å². The summed E-state index contributed by atoms with van der Waals surface area (Å²) in [5.41, 5.74) is 20.7. The topological polar surface area (TPSA) is 35.3 Å². The molecule has 3 aliphatic rings. The van der Waals surface area contributed by atoms with E-state index in [1.807, 2.05) is 18.5 Å². The van der Waals surface area contributed by atoms with Gasteiger partial charge in [-0.3, -0.25) is 4.98 Å². The van der Waals surface area contributed by atoms with Gasteiger partial charge in [0.25, 0.3) is 6.71 Å². The maximum absolute atomic E-state index is 6.96. The molecule has 0 saturated heterocycles. The molecule has 65 heavy (non-hydrogen) atoms. The largest absolute Gasteiger partial charge is 0.458 e. The highest BCUT2D eigenvalue weighted by molar-refractivity contribution is 6.99. The first kappa shape index (κ1) is 36.4. The van der Waals surface area contributed by atoms with E-state index in [2.05, 4.69) is 211 Å². The van der Waals surface area contributed by atoms with Crippen molar-refractivity contribution < 1.29 is 9.15 Å². The summed E-state index contributed by atoms with van der Waals surface area (Å²) in [6.07, 6.45) is 3.88. The quantitative estimate of drug-likeness (QED) is 0.166. The average Bonchev–Trinajstić information content (AvgIpc) is 3.77. The van der Waals surface area contributed by atoms with Crippen molar-refractivity contribution in [2.45, 2.75) is 5.41 Å². The van der Waals surface area contributed by atoms with Crippen molar-refractivity contribution in [1.29, 1.82) is 0 Å². The van der Waals surface area contributed by atoms with Gasteiger partial charge in [-0.05, 0) is 103 Å². The zero-order chi connectivity index (χ0) is 42.6. The SMILES string of the molecule is c1ccc(-c2ccc3c(c2)B(c2ccncc2)c2cc(-c4cccc5oc6ccccc6c45)ccc2C32c3ccc(-c4ccccc4)cc3B3c4ccccc4Oc4cccc2c43)cc1. The van der Waals surface area contributed by atoms with Crippen LogP contribution in [0.3, 0.4) is 0 Å². The molecule has 5 heterocycles. The monoisotopic (exact) mass is 825 g/mol. The van der Waals surface area contributed by atoms with Gasteiger partial charge in [-0.2, -0.15) is 0 Å². The molecule has 0 amide bonds. The summed E-state index contributed by atoms with van der Waals surface area (Å²) in [6, 6.07) is 78.1. The van der Waals surface area contributed by atoms with Crippen LogP contribution in [0.2, 0.25) is 0 Å². The van der Waals surface area contributed by atoms with Gasteiger partial charge in [0.1, 0.15) is 22.7 Å². The van der Waals surface area contributed by atoms with E-state index in [0.29, 0.717) is 0 Å². The van der Waals surface area contributed by atoms with Crippen molar-refractivity contribution in [2.75, 3.05) is 0 Å². The van der Waals surface area contributed by atoms with E-state index < -0.39 is 5.41 Å². The number of hydrogen-bond acceptors (Lipinski definition) is 3. The number of hydrogen-bond donors (Lipinski definition) is 0. The zero-order valence-corrected chi connectivity index (χ0v) is 35.3. The van der Waals surface area contributed by atoms with Crippen LogP contribution < -0.4 is 37.5 Å². The molecule has 1 unspecified atom stereocenters. The van der Waals surface area contributed by atoms with Crippen LogP contribution in [0.15, 0.2) is 229 Å². The minimum atomic E-state index is -0.710. The van der Waals surface area contributed by atoms with Gasteiger partial charge in [0.2, 0.25) is 6.71 Å². The first-order chi connectivity index (χ1) is 32.2. The maximum atomic E-state index is 6.96. The Morgan fingerprint density at radius 2 is 0.954 bits per heavy atom. The number of fused-ring (bicyclic) bond motifs is 13. The van der Waals surface area contributed by atoms with E-state index in [9.17, 15) is 0 Å². The van der Waals surface area contributed by atoms with Crippen LogP contribution in [0, 0.1) is 0 Å². The minimum absolute atomic E-state index is 0.0323. The molecule has 1 spiro atoms. The Bertz CT molecular complexity index is 3700. The maximum Gasteiger partial charge on any atom is 0.251 e. The fraction of sp³-hybridized carbons (Fsp3) is 0.0167. The highest BCUT2D eigenvalue weighted by atomic mass is 16.5. The van der Waals surface area contributed by atoms with E-state index in [1.54, 1.807) is 0 Å². The van der Waals surface area contributed by atoms with Crippen molar-refractivity contribution in [3.05, 3.63) is 247 Å². The van der Waals surface area contributed by atoms with Crippen LogP contribution in [0.25, 0.3) is 55.3 Å². The average molecular weight is 826 g/mol. The van der Waals surface area contributed by atoms with Gasteiger partial charge in [0.05, 0.1) is 5.41 Å². The van der Waals surface area contributed by atoms with Crippen LogP contribution in [0.1, 0.15) is 22.3 Å². The Labute approximate surface area is 377 Å². The zero-order valence-electron chi connectivity index (χ0n) is 35.3. The van der Waals surface area contributed by atoms with Crippen LogP contribution in [-0.2, 0) is 5.41 Å². The fourth-order valence-corrected chi connectivity index (χ4v) is 11.9. The van der Waals surface area contributed by atoms with Crippen molar-refractivity contribution in [3.8, 4) is 44.9 Å². The van der Waals surface area contributed by atoms with E-state index in [4.69, 9.17) is 9.15 Å². The molecule has 3 aliphatic heterocycles. The summed E-state index contributed by atoms with van der Waals surface area (Å²) in [7, 11) is 0. The molecule has 14 rings (SSSR count). The molecule has 5 heteroatoms. The van der Waals surface area contributed by atoms with Crippen molar-refractivity contribution in [3.63, 3.8) is 0 Å². The van der Waals surface area contributed by atoms with Gasteiger partial charge in [0.15, 0.2) is 0 Å². The molecule has 0 bridgehead atoms. The second-order valence-corrected chi connectivity index (χ2v) is 17.7. The van der Waals surface area contributed by atoms with Gasteiger partial charge < -0.3 is 9.15 Å². The minimum Gasteiger partial charge on any atom is -0.458 e. The number of ether oxygens (including phenoxy) is 1. The second-order valence-electron chi connectivity index (χ2n) is 17.7. The Hall–Kier alpha value is -8.14. The molecule has 3 nitrogen and oxygen atoms in total. The third-order valence-electron chi connectivity index (χ3n) is 14.5. The molecule has 1 atom stereocenters. The Morgan fingerprint density at radius 1 is 0.385 bits per heavy atom. The smallest absolute Gasteiger partial charge is 0.251 e. The highest BCUT2D eigenvalue weighted by Crippen LogP contribution is 2.50. The second kappa shape index (κ2) is 13.9. The lowest BCUT2D eigenvalue weighted by atomic mass is 9.26. The van der Waals surface area contributed by atoms with Gasteiger partial charge in [0, 0.05) is 23.2 Å². The van der Waals surface area contributed by atoms with E-state index in [1.165, 1.54) is 77.3 Å². The lowest BCUT2D eigenvalue weighted by molar-refractivity contribution is 0.486. The predicted octanol–water partition coefficient (Wildman–Crippen LogP) is 10.1. The summed E-state index contributed by atoms with van der Waals surface area (Å²) >= 11 is 0. The van der Waals surface area contributed by atoms with Crippen LogP contribution in [0.5, 0.6) is 11.5 Å². The molecule has 0 saturated carbocycles. The number of benzene rings is 9. The van der Waals surface area contributed by atoms with E-state index in [-0.39, 0.29) is 13.4 Å². The summed E-state index contributed by atoms with van der Waals surface area (Å²) in [5.74, 6) is 1.83. The van der Waals surface area contributed by atoms with Gasteiger partial charge in [-0.15, -0.1) is 0 Å². The Morgan fingerprint density at radius 3 is 1.68 bits per heavy atom. The summed E-state index contributed by atoms with van der Waals surface area (Å²) in [4.78, 5) is 4.54. The summed E-state index contributed by atoms with van der Waals surface area (Å²) in [6.45, 7) is -0.131. The van der Waals surface area contributed by atoms with Gasteiger partial charge in [-0.25, -0.2) is 0 Å². The summed E-state index contributed by atoms with van der Waals surface area (Å²) in [5, 5.41) is 2.25. The fourth-order valence-electron chi connectivity index (χ4n) is 11.9.